The Labute approximate surface area is 201 Å². The number of amidine groups is 1. The van der Waals surface area contributed by atoms with Gasteiger partial charge in [0.25, 0.3) is 0 Å². The number of alkyl halides is 3. The molecule has 0 bridgehead atoms. The Hall–Kier alpha value is -2.43. The standard InChI is InChI=1S/C24H28F3N3O3S/c1-29-9-11-30(12-10-29)23-28-22(31)21(34-23)14-17-5-8-19(20(13-17)32-2)33-15-16-3-6-18(7-4-16)24(25,26)27/h3-8,13,21-22,31H,9-12,14-15H2,1-2H3. The summed E-state index contributed by atoms with van der Waals surface area (Å²) in [6, 6.07) is 10.5. The van der Waals surface area contributed by atoms with Gasteiger partial charge in [0.2, 0.25) is 0 Å². The number of likely N-dealkylation sites (N-methyl/N-ethyl adjacent to an activating group) is 1. The maximum absolute atomic E-state index is 12.7. The van der Waals surface area contributed by atoms with E-state index >= 15 is 0 Å². The van der Waals surface area contributed by atoms with Gasteiger partial charge < -0.3 is 24.4 Å². The zero-order chi connectivity index (χ0) is 24.3. The van der Waals surface area contributed by atoms with Crippen molar-refractivity contribution in [1.82, 2.24) is 9.80 Å². The van der Waals surface area contributed by atoms with Crippen LogP contribution in [-0.2, 0) is 19.2 Å². The van der Waals surface area contributed by atoms with Gasteiger partial charge in [-0.25, -0.2) is 4.99 Å². The third kappa shape index (κ3) is 5.97. The van der Waals surface area contributed by atoms with E-state index in [-0.39, 0.29) is 11.9 Å². The molecule has 0 amide bonds. The molecule has 0 aliphatic carbocycles. The zero-order valence-corrected chi connectivity index (χ0v) is 19.9. The summed E-state index contributed by atoms with van der Waals surface area (Å²) in [7, 11) is 3.64. The van der Waals surface area contributed by atoms with Crippen LogP contribution < -0.4 is 9.47 Å². The summed E-state index contributed by atoms with van der Waals surface area (Å²) >= 11 is 1.60. The van der Waals surface area contributed by atoms with E-state index < -0.39 is 18.0 Å². The molecule has 0 aromatic heterocycles. The largest absolute Gasteiger partial charge is 0.493 e. The van der Waals surface area contributed by atoms with Gasteiger partial charge in [-0.15, -0.1) is 0 Å². The molecule has 6 nitrogen and oxygen atoms in total. The van der Waals surface area contributed by atoms with Crippen molar-refractivity contribution in [1.29, 1.82) is 0 Å². The number of halogens is 3. The molecule has 2 aromatic rings. The van der Waals surface area contributed by atoms with E-state index in [4.69, 9.17) is 9.47 Å². The number of aliphatic hydroxyl groups is 1. The molecule has 2 aromatic carbocycles. The first-order valence-electron chi connectivity index (χ1n) is 11.0. The maximum atomic E-state index is 12.7. The van der Waals surface area contributed by atoms with Gasteiger partial charge in [0.15, 0.2) is 22.9 Å². The predicted molar refractivity (Wildman–Crippen MR) is 126 cm³/mol. The number of aliphatic imine (C=N–C) groups is 1. The number of rotatable bonds is 6. The monoisotopic (exact) mass is 495 g/mol. The number of aliphatic hydroxyl groups excluding tert-OH is 1. The molecule has 184 valence electrons. The van der Waals surface area contributed by atoms with Gasteiger partial charge in [-0.05, 0) is 48.9 Å². The Morgan fingerprint density at radius 2 is 1.71 bits per heavy atom. The first-order valence-corrected chi connectivity index (χ1v) is 11.9. The number of hydrogen-bond donors (Lipinski definition) is 1. The Bertz CT molecular complexity index is 1010. The summed E-state index contributed by atoms with van der Waals surface area (Å²) in [5.74, 6) is 1.03. The van der Waals surface area contributed by atoms with E-state index in [0.717, 1.165) is 49.0 Å². The van der Waals surface area contributed by atoms with Gasteiger partial charge >= 0.3 is 6.18 Å². The lowest BCUT2D eigenvalue weighted by Gasteiger charge is -2.33. The number of ether oxygens (including phenoxy) is 2. The van der Waals surface area contributed by atoms with Gasteiger partial charge in [0, 0.05) is 26.2 Å². The van der Waals surface area contributed by atoms with Crippen molar-refractivity contribution in [2.24, 2.45) is 4.99 Å². The fourth-order valence-corrected chi connectivity index (χ4v) is 5.10. The van der Waals surface area contributed by atoms with Crippen molar-refractivity contribution >= 4 is 16.9 Å². The smallest absolute Gasteiger partial charge is 0.416 e. The summed E-state index contributed by atoms with van der Waals surface area (Å²) in [5.41, 5.74) is 0.910. The average molecular weight is 496 g/mol. The second kappa shape index (κ2) is 10.5. The van der Waals surface area contributed by atoms with Gasteiger partial charge in [-0.1, -0.05) is 30.0 Å². The summed E-state index contributed by atoms with van der Waals surface area (Å²) in [5, 5.41) is 11.3. The van der Waals surface area contributed by atoms with E-state index in [1.807, 2.05) is 12.1 Å². The number of piperazine rings is 1. The Morgan fingerprint density at radius 1 is 1.03 bits per heavy atom. The van der Waals surface area contributed by atoms with Gasteiger partial charge in [-0.3, -0.25) is 0 Å². The van der Waals surface area contributed by atoms with Gasteiger partial charge in [0.05, 0.1) is 17.9 Å². The lowest BCUT2D eigenvalue weighted by atomic mass is 10.1. The Kier molecular flexibility index (Phi) is 7.59. The molecule has 34 heavy (non-hydrogen) atoms. The van der Waals surface area contributed by atoms with Crippen molar-refractivity contribution in [3.8, 4) is 11.5 Å². The van der Waals surface area contributed by atoms with Crippen molar-refractivity contribution in [2.75, 3.05) is 40.3 Å². The van der Waals surface area contributed by atoms with Crippen LogP contribution in [0.1, 0.15) is 16.7 Å². The minimum absolute atomic E-state index is 0.0849. The van der Waals surface area contributed by atoms with Crippen LogP contribution in [0, 0.1) is 0 Å². The number of nitrogens with zero attached hydrogens (tertiary/aromatic N) is 3. The van der Waals surface area contributed by atoms with E-state index in [2.05, 4.69) is 21.8 Å². The minimum atomic E-state index is -4.36. The molecule has 0 saturated carbocycles. The van der Waals surface area contributed by atoms with Crippen LogP contribution in [0.3, 0.4) is 0 Å². The molecule has 1 fully saturated rings. The second-order valence-corrected chi connectivity index (χ2v) is 9.65. The number of methoxy groups -OCH3 is 1. The van der Waals surface area contributed by atoms with E-state index in [0.29, 0.717) is 23.5 Å². The molecule has 1 N–H and O–H groups in total. The molecule has 0 spiro atoms. The van der Waals surface area contributed by atoms with Crippen molar-refractivity contribution in [2.45, 2.75) is 30.7 Å². The lowest BCUT2D eigenvalue weighted by molar-refractivity contribution is -0.137. The highest BCUT2D eigenvalue weighted by atomic mass is 32.2. The summed E-state index contributed by atoms with van der Waals surface area (Å²) < 4.78 is 49.5. The minimum Gasteiger partial charge on any atom is -0.493 e. The molecule has 0 radical (unpaired) electrons. The second-order valence-electron chi connectivity index (χ2n) is 8.44. The fourth-order valence-electron chi connectivity index (χ4n) is 3.87. The molecule has 10 heteroatoms. The molecule has 2 atom stereocenters. The van der Waals surface area contributed by atoms with Gasteiger partial charge in [-0.2, -0.15) is 13.2 Å². The topological polar surface area (TPSA) is 57.5 Å². The van der Waals surface area contributed by atoms with Crippen LogP contribution in [0.5, 0.6) is 11.5 Å². The number of thioether (sulfide) groups is 1. The first kappa shape index (κ1) is 24.7. The third-order valence-electron chi connectivity index (χ3n) is 5.95. The molecule has 4 rings (SSSR count). The Balaban J connectivity index is 1.35. The Morgan fingerprint density at radius 3 is 2.35 bits per heavy atom. The van der Waals surface area contributed by atoms with Crippen LogP contribution in [0.15, 0.2) is 47.5 Å². The van der Waals surface area contributed by atoms with Crippen LogP contribution >= 0.6 is 11.8 Å². The highest BCUT2D eigenvalue weighted by Gasteiger charge is 2.33. The highest BCUT2D eigenvalue weighted by molar-refractivity contribution is 8.14. The average Bonchev–Trinajstić information content (AvgIpc) is 3.18. The number of hydrogen-bond acceptors (Lipinski definition) is 7. The van der Waals surface area contributed by atoms with E-state index in [1.54, 1.807) is 17.8 Å². The summed E-state index contributed by atoms with van der Waals surface area (Å²) in [6.45, 7) is 3.88. The molecular weight excluding hydrogens is 467 g/mol. The first-order chi connectivity index (χ1) is 16.2. The van der Waals surface area contributed by atoms with Crippen LogP contribution in [0.2, 0.25) is 0 Å². The summed E-state index contributed by atoms with van der Waals surface area (Å²) in [6.07, 6.45) is -4.51. The van der Waals surface area contributed by atoms with E-state index in [1.165, 1.54) is 19.2 Å². The third-order valence-corrected chi connectivity index (χ3v) is 7.23. The zero-order valence-electron chi connectivity index (χ0n) is 19.1. The fraction of sp³-hybridized carbons (Fsp3) is 0.458. The van der Waals surface area contributed by atoms with Crippen molar-refractivity contribution < 1.29 is 27.8 Å². The van der Waals surface area contributed by atoms with E-state index in [9.17, 15) is 18.3 Å². The summed E-state index contributed by atoms with van der Waals surface area (Å²) in [4.78, 5) is 8.98. The van der Waals surface area contributed by atoms with Crippen LogP contribution in [-0.4, -0.2) is 71.9 Å². The number of benzene rings is 2. The molecular formula is C24H28F3N3O3S. The predicted octanol–water partition coefficient (Wildman–Crippen LogP) is 3.87. The van der Waals surface area contributed by atoms with Crippen molar-refractivity contribution in [3.05, 3.63) is 59.2 Å². The van der Waals surface area contributed by atoms with Gasteiger partial charge in [0.1, 0.15) is 6.61 Å². The van der Waals surface area contributed by atoms with Crippen LogP contribution in [0.25, 0.3) is 0 Å². The van der Waals surface area contributed by atoms with Crippen molar-refractivity contribution in [3.63, 3.8) is 0 Å². The molecule has 2 aliphatic heterocycles. The molecule has 1 saturated heterocycles. The molecule has 2 heterocycles. The normalized spacial score (nSPS) is 21.5. The lowest BCUT2D eigenvalue weighted by Crippen LogP contribution is -2.46. The maximum Gasteiger partial charge on any atom is 0.416 e. The SMILES string of the molecule is COc1cc(CC2SC(N3CCN(C)CC3)=NC2O)ccc1OCc1ccc(C(F)(F)F)cc1. The van der Waals surface area contributed by atoms with Crippen LogP contribution in [0.4, 0.5) is 13.2 Å². The molecule has 2 aliphatic rings. The highest BCUT2D eigenvalue weighted by Crippen LogP contribution is 2.34. The quantitative estimate of drug-likeness (QED) is 0.657. The molecule has 2 unspecified atom stereocenters.